The number of oxazole rings is 1. The molecular formula is C19H18FNO3. The van der Waals surface area contributed by atoms with Gasteiger partial charge in [0.15, 0.2) is 0 Å². The van der Waals surface area contributed by atoms with Crippen LogP contribution >= 0.6 is 0 Å². The molecule has 0 unspecified atom stereocenters. The Balaban J connectivity index is 1.64. The van der Waals surface area contributed by atoms with Gasteiger partial charge in [-0.05, 0) is 55.8 Å². The zero-order chi connectivity index (χ0) is 17.2. The van der Waals surface area contributed by atoms with Crippen LogP contribution in [0.25, 0.3) is 11.5 Å². The van der Waals surface area contributed by atoms with E-state index in [1.165, 1.54) is 18.4 Å². The van der Waals surface area contributed by atoms with Crippen LogP contribution in [0.15, 0.2) is 59.2 Å². The number of benzene rings is 2. The smallest absolute Gasteiger partial charge is 0.226 e. The Morgan fingerprint density at radius 3 is 2.38 bits per heavy atom. The average molecular weight is 327 g/mol. The number of aliphatic hydroxyl groups is 1. The fourth-order valence-corrected chi connectivity index (χ4v) is 2.21. The molecule has 1 heterocycles. The lowest BCUT2D eigenvalue weighted by molar-refractivity contribution is 0.0785. The quantitative estimate of drug-likeness (QED) is 0.759. The van der Waals surface area contributed by atoms with Crippen LogP contribution in [0.4, 0.5) is 4.39 Å². The molecule has 0 aliphatic heterocycles. The molecule has 0 atom stereocenters. The largest absolute Gasteiger partial charge is 0.487 e. The summed E-state index contributed by atoms with van der Waals surface area (Å²) in [6.45, 7) is 3.72. The Morgan fingerprint density at radius 2 is 1.75 bits per heavy atom. The minimum Gasteiger partial charge on any atom is -0.487 e. The van der Waals surface area contributed by atoms with Crippen molar-refractivity contribution in [2.75, 3.05) is 0 Å². The lowest BCUT2D eigenvalue weighted by Gasteiger charge is -2.17. The molecule has 0 amide bonds. The molecule has 4 nitrogen and oxygen atoms in total. The lowest BCUT2D eigenvalue weighted by Crippen LogP contribution is -2.14. The Hall–Kier alpha value is -2.66. The molecule has 0 saturated heterocycles. The van der Waals surface area contributed by atoms with Gasteiger partial charge < -0.3 is 14.3 Å². The minimum absolute atomic E-state index is 0.257. The number of halogens is 1. The molecular weight excluding hydrogens is 309 g/mol. The second kappa shape index (κ2) is 6.45. The van der Waals surface area contributed by atoms with Crippen LogP contribution in [0.1, 0.15) is 25.1 Å². The third-order valence-corrected chi connectivity index (χ3v) is 3.59. The van der Waals surface area contributed by atoms with Crippen molar-refractivity contribution in [3.8, 4) is 17.2 Å². The molecule has 5 heteroatoms. The van der Waals surface area contributed by atoms with Gasteiger partial charge in [0.05, 0.1) is 5.60 Å². The van der Waals surface area contributed by atoms with Gasteiger partial charge in [0.2, 0.25) is 5.89 Å². The van der Waals surface area contributed by atoms with E-state index in [0.29, 0.717) is 22.9 Å². The predicted molar refractivity (Wildman–Crippen MR) is 87.9 cm³/mol. The summed E-state index contributed by atoms with van der Waals surface area (Å²) in [4.78, 5) is 4.33. The van der Waals surface area contributed by atoms with Gasteiger partial charge in [-0.1, -0.05) is 12.1 Å². The van der Waals surface area contributed by atoms with Crippen LogP contribution < -0.4 is 4.74 Å². The molecule has 0 saturated carbocycles. The Morgan fingerprint density at radius 1 is 1.08 bits per heavy atom. The van der Waals surface area contributed by atoms with Gasteiger partial charge in [0, 0.05) is 5.56 Å². The molecule has 0 spiro atoms. The molecule has 3 rings (SSSR count). The topological polar surface area (TPSA) is 55.5 Å². The molecule has 2 aromatic carbocycles. The van der Waals surface area contributed by atoms with Gasteiger partial charge in [-0.3, -0.25) is 0 Å². The van der Waals surface area contributed by atoms with Crippen molar-refractivity contribution in [3.05, 3.63) is 71.9 Å². The first kappa shape index (κ1) is 16.2. The number of hydrogen-bond donors (Lipinski definition) is 1. The summed E-state index contributed by atoms with van der Waals surface area (Å²) in [6, 6.07) is 13.2. The van der Waals surface area contributed by atoms with Crippen LogP contribution in [0.5, 0.6) is 5.75 Å². The zero-order valence-electron chi connectivity index (χ0n) is 13.5. The molecule has 24 heavy (non-hydrogen) atoms. The monoisotopic (exact) mass is 327 g/mol. The Labute approximate surface area is 139 Å². The standard InChI is InChI=1S/C19H18FNO3/c1-19(2,22)14-5-9-17(10-6-14)23-11-16-12-24-18(21-16)13-3-7-15(20)8-4-13/h3-10,12,22H,11H2,1-2H3. The molecule has 0 fully saturated rings. The van der Waals surface area contributed by atoms with Crippen LogP contribution in [0, 0.1) is 5.82 Å². The van der Waals surface area contributed by atoms with Gasteiger partial charge >= 0.3 is 0 Å². The third-order valence-electron chi connectivity index (χ3n) is 3.59. The first-order chi connectivity index (χ1) is 11.4. The van der Waals surface area contributed by atoms with Crippen LogP contribution in [0.2, 0.25) is 0 Å². The fourth-order valence-electron chi connectivity index (χ4n) is 2.21. The van der Waals surface area contributed by atoms with E-state index in [2.05, 4.69) is 4.98 Å². The highest BCUT2D eigenvalue weighted by atomic mass is 19.1. The predicted octanol–water partition coefficient (Wildman–Crippen LogP) is 4.29. The van der Waals surface area contributed by atoms with E-state index in [4.69, 9.17) is 9.15 Å². The minimum atomic E-state index is -0.880. The number of nitrogens with zero attached hydrogens (tertiary/aromatic N) is 1. The summed E-state index contributed by atoms with van der Waals surface area (Å²) in [6.07, 6.45) is 1.52. The highest BCUT2D eigenvalue weighted by Crippen LogP contribution is 2.23. The second-order valence-electron chi connectivity index (χ2n) is 6.02. The maximum atomic E-state index is 12.9. The van der Waals surface area contributed by atoms with Crippen molar-refractivity contribution in [1.82, 2.24) is 4.98 Å². The summed E-state index contributed by atoms with van der Waals surface area (Å²) in [5.41, 5.74) is 1.28. The average Bonchev–Trinajstić information content (AvgIpc) is 3.02. The van der Waals surface area contributed by atoms with Gasteiger partial charge in [0.25, 0.3) is 0 Å². The van der Waals surface area contributed by atoms with Crippen molar-refractivity contribution in [1.29, 1.82) is 0 Å². The van der Waals surface area contributed by atoms with Crippen LogP contribution in [-0.2, 0) is 12.2 Å². The molecule has 0 aliphatic rings. The highest BCUT2D eigenvalue weighted by molar-refractivity contribution is 5.52. The highest BCUT2D eigenvalue weighted by Gasteiger charge is 2.15. The number of ether oxygens (including phenoxy) is 1. The van der Waals surface area contributed by atoms with Crippen molar-refractivity contribution in [2.24, 2.45) is 0 Å². The van der Waals surface area contributed by atoms with Crippen molar-refractivity contribution >= 4 is 0 Å². The molecule has 0 bridgehead atoms. The van der Waals surface area contributed by atoms with Crippen LogP contribution in [0.3, 0.4) is 0 Å². The van der Waals surface area contributed by atoms with Crippen molar-refractivity contribution < 1.29 is 18.7 Å². The third kappa shape index (κ3) is 3.81. The van der Waals surface area contributed by atoms with Crippen LogP contribution in [-0.4, -0.2) is 10.1 Å². The maximum Gasteiger partial charge on any atom is 0.226 e. The maximum absolute atomic E-state index is 12.9. The summed E-state index contributed by atoms with van der Waals surface area (Å²) in [5.74, 6) is 0.795. The van der Waals surface area contributed by atoms with Crippen molar-refractivity contribution in [3.63, 3.8) is 0 Å². The van der Waals surface area contributed by atoms with E-state index in [9.17, 15) is 9.50 Å². The fraction of sp³-hybridized carbons (Fsp3) is 0.211. The molecule has 0 aliphatic carbocycles. The second-order valence-corrected chi connectivity index (χ2v) is 6.02. The molecule has 1 N–H and O–H groups in total. The van der Waals surface area contributed by atoms with Gasteiger partial charge in [-0.25, -0.2) is 9.37 Å². The van der Waals surface area contributed by atoms with Gasteiger partial charge in [0.1, 0.15) is 30.1 Å². The summed E-state index contributed by atoms with van der Waals surface area (Å²) in [7, 11) is 0. The number of aromatic nitrogens is 1. The molecule has 3 aromatic rings. The number of rotatable bonds is 5. The SMILES string of the molecule is CC(C)(O)c1ccc(OCc2coc(-c3ccc(F)cc3)n2)cc1. The normalized spacial score (nSPS) is 11.5. The van der Waals surface area contributed by atoms with Gasteiger partial charge in [-0.15, -0.1) is 0 Å². The summed E-state index contributed by atoms with van der Waals surface area (Å²) < 4.78 is 24.0. The molecule has 0 radical (unpaired) electrons. The molecule has 124 valence electrons. The van der Waals surface area contributed by atoms with E-state index in [1.807, 2.05) is 12.1 Å². The Bertz CT molecular complexity index is 802. The molecule has 1 aromatic heterocycles. The first-order valence-corrected chi connectivity index (χ1v) is 7.58. The first-order valence-electron chi connectivity index (χ1n) is 7.58. The van der Waals surface area contributed by atoms with Crippen molar-refractivity contribution in [2.45, 2.75) is 26.1 Å². The lowest BCUT2D eigenvalue weighted by atomic mass is 9.99. The van der Waals surface area contributed by atoms with E-state index in [-0.39, 0.29) is 12.4 Å². The summed E-state index contributed by atoms with van der Waals surface area (Å²) in [5, 5.41) is 9.93. The zero-order valence-corrected chi connectivity index (χ0v) is 13.5. The van der Waals surface area contributed by atoms with E-state index >= 15 is 0 Å². The Kier molecular flexibility index (Phi) is 4.36. The summed E-state index contributed by atoms with van der Waals surface area (Å²) >= 11 is 0. The van der Waals surface area contributed by atoms with Gasteiger partial charge in [-0.2, -0.15) is 0 Å². The number of hydrogen-bond acceptors (Lipinski definition) is 4. The van der Waals surface area contributed by atoms with E-state index < -0.39 is 5.60 Å². The van der Waals surface area contributed by atoms with E-state index in [0.717, 1.165) is 5.56 Å². The van der Waals surface area contributed by atoms with E-state index in [1.54, 1.807) is 38.1 Å².